The molecule has 88 valence electrons. The van der Waals surface area contributed by atoms with E-state index in [4.69, 9.17) is 17.3 Å². The van der Waals surface area contributed by atoms with Gasteiger partial charge in [-0.05, 0) is 18.6 Å². The lowest BCUT2D eigenvalue weighted by Gasteiger charge is -2.12. The van der Waals surface area contributed by atoms with Crippen LogP contribution in [0, 0.1) is 0 Å². The number of hydrogen-bond acceptors (Lipinski definition) is 3. The van der Waals surface area contributed by atoms with E-state index in [9.17, 15) is 9.90 Å². The van der Waals surface area contributed by atoms with Gasteiger partial charge in [0.25, 0.3) is 0 Å². The first-order chi connectivity index (χ1) is 7.56. The number of phenolic OH excluding ortho intramolecular Hbond substituents is 1. The van der Waals surface area contributed by atoms with E-state index in [2.05, 4.69) is 5.32 Å². The molecule has 1 amide bonds. The summed E-state index contributed by atoms with van der Waals surface area (Å²) in [6, 6.07) is 4.18. The molecular formula is C11H15ClN2O2. The lowest BCUT2D eigenvalue weighted by Crippen LogP contribution is -2.35. The number of phenols is 1. The zero-order valence-corrected chi connectivity index (χ0v) is 9.79. The van der Waals surface area contributed by atoms with Crippen LogP contribution in [-0.4, -0.2) is 17.1 Å². The summed E-state index contributed by atoms with van der Waals surface area (Å²) in [6.45, 7) is 1.95. The first-order valence-corrected chi connectivity index (χ1v) is 5.48. The first kappa shape index (κ1) is 12.8. The molecule has 0 spiro atoms. The number of aromatic hydroxyl groups is 1. The lowest BCUT2D eigenvalue weighted by atomic mass is 10.1. The molecule has 1 atom stereocenters. The predicted molar refractivity (Wildman–Crippen MR) is 64.6 cm³/mol. The number of amides is 1. The monoisotopic (exact) mass is 242 g/mol. The van der Waals surface area contributed by atoms with Crippen LogP contribution in [0.15, 0.2) is 18.2 Å². The molecule has 0 aliphatic carbocycles. The first-order valence-electron chi connectivity index (χ1n) is 5.10. The van der Waals surface area contributed by atoms with Gasteiger partial charge in [-0.1, -0.05) is 31.0 Å². The number of rotatable bonds is 4. The van der Waals surface area contributed by atoms with E-state index in [0.29, 0.717) is 6.42 Å². The number of para-hydroxylation sites is 1. The summed E-state index contributed by atoms with van der Waals surface area (Å²) < 4.78 is 0. The summed E-state index contributed by atoms with van der Waals surface area (Å²) in [5.74, 6) is -0.458. The average Bonchev–Trinajstić information content (AvgIpc) is 2.25. The Morgan fingerprint density at radius 2 is 2.31 bits per heavy atom. The highest BCUT2D eigenvalue weighted by Gasteiger charge is 2.14. The number of nitrogens with two attached hydrogens (primary N) is 1. The Morgan fingerprint density at radius 1 is 1.62 bits per heavy atom. The van der Waals surface area contributed by atoms with E-state index < -0.39 is 6.04 Å². The van der Waals surface area contributed by atoms with E-state index in [1.165, 1.54) is 0 Å². The molecule has 5 heteroatoms. The molecule has 0 aliphatic rings. The molecule has 4 nitrogen and oxygen atoms in total. The molecule has 1 aromatic carbocycles. The van der Waals surface area contributed by atoms with E-state index in [0.717, 1.165) is 6.42 Å². The summed E-state index contributed by atoms with van der Waals surface area (Å²) in [7, 11) is 0. The van der Waals surface area contributed by atoms with Crippen LogP contribution >= 0.6 is 11.6 Å². The Balaban J connectivity index is 2.73. The standard InChI is InChI=1S/C11H15ClN2O2/c1-2-4-8(13)11(16)14-9-6-3-5-7(12)10(9)15/h3,5-6,8,15H,2,4,13H2,1H3,(H,14,16). The Hall–Kier alpha value is -1.26. The quantitative estimate of drug-likeness (QED) is 0.708. The molecule has 16 heavy (non-hydrogen) atoms. The highest BCUT2D eigenvalue weighted by atomic mass is 35.5. The van der Waals surface area contributed by atoms with E-state index in [1.807, 2.05) is 6.92 Å². The van der Waals surface area contributed by atoms with Gasteiger partial charge in [0.1, 0.15) is 0 Å². The maximum atomic E-state index is 11.6. The summed E-state index contributed by atoms with van der Waals surface area (Å²) in [5.41, 5.74) is 5.92. The van der Waals surface area contributed by atoms with Gasteiger partial charge in [-0.25, -0.2) is 0 Å². The fourth-order valence-corrected chi connectivity index (χ4v) is 1.46. The van der Waals surface area contributed by atoms with E-state index >= 15 is 0 Å². The molecular weight excluding hydrogens is 228 g/mol. The third-order valence-corrected chi connectivity index (χ3v) is 2.49. The molecule has 0 bridgehead atoms. The van der Waals surface area contributed by atoms with Crippen molar-refractivity contribution in [2.24, 2.45) is 5.73 Å². The maximum absolute atomic E-state index is 11.6. The van der Waals surface area contributed by atoms with Gasteiger partial charge in [-0.15, -0.1) is 0 Å². The summed E-state index contributed by atoms with van der Waals surface area (Å²) in [6.07, 6.45) is 1.43. The Labute approximate surface area is 99.4 Å². The van der Waals surface area contributed by atoms with Crippen molar-refractivity contribution in [2.45, 2.75) is 25.8 Å². The molecule has 0 aliphatic heterocycles. The van der Waals surface area contributed by atoms with Gasteiger partial charge >= 0.3 is 0 Å². The average molecular weight is 243 g/mol. The fourth-order valence-electron chi connectivity index (χ4n) is 1.28. The van der Waals surface area contributed by atoms with Gasteiger partial charge in [-0.3, -0.25) is 4.79 Å². The lowest BCUT2D eigenvalue weighted by molar-refractivity contribution is -0.117. The largest absolute Gasteiger partial charge is 0.504 e. The van der Waals surface area contributed by atoms with Crippen LogP contribution in [0.25, 0.3) is 0 Å². The Morgan fingerprint density at radius 3 is 2.94 bits per heavy atom. The van der Waals surface area contributed by atoms with Crippen molar-refractivity contribution in [1.29, 1.82) is 0 Å². The SMILES string of the molecule is CCCC(N)C(=O)Nc1cccc(Cl)c1O. The molecule has 0 radical (unpaired) electrons. The van der Waals surface area contributed by atoms with Gasteiger partial charge in [0.15, 0.2) is 5.75 Å². The van der Waals surface area contributed by atoms with Crippen LogP contribution < -0.4 is 11.1 Å². The van der Waals surface area contributed by atoms with Gasteiger partial charge in [-0.2, -0.15) is 0 Å². The highest BCUT2D eigenvalue weighted by Crippen LogP contribution is 2.31. The smallest absolute Gasteiger partial charge is 0.241 e. The number of anilines is 1. The van der Waals surface area contributed by atoms with Gasteiger partial charge in [0.2, 0.25) is 5.91 Å². The number of benzene rings is 1. The second kappa shape index (κ2) is 5.72. The Kier molecular flexibility index (Phi) is 4.58. The molecule has 1 aromatic rings. The van der Waals surface area contributed by atoms with Gasteiger partial charge in [0, 0.05) is 0 Å². The van der Waals surface area contributed by atoms with E-state index in [1.54, 1.807) is 18.2 Å². The molecule has 0 saturated carbocycles. The van der Waals surface area contributed by atoms with Crippen LogP contribution in [0.3, 0.4) is 0 Å². The summed E-state index contributed by atoms with van der Waals surface area (Å²) in [4.78, 5) is 11.6. The maximum Gasteiger partial charge on any atom is 0.241 e. The van der Waals surface area contributed by atoms with Gasteiger partial charge < -0.3 is 16.2 Å². The Bertz CT molecular complexity index is 382. The van der Waals surface area contributed by atoms with Gasteiger partial charge in [0.05, 0.1) is 16.8 Å². The summed E-state index contributed by atoms with van der Waals surface area (Å²) >= 11 is 5.71. The van der Waals surface area contributed by atoms with Crippen LogP contribution in [0.5, 0.6) is 5.75 Å². The number of carbonyl (C=O) groups excluding carboxylic acids is 1. The zero-order chi connectivity index (χ0) is 12.1. The molecule has 4 N–H and O–H groups in total. The molecule has 1 unspecified atom stereocenters. The topological polar surface area (TPSA) is 75.4 Å². The second-order valence-corrected chi connectivity index (χ2v) is 3.93. The third-order valence-electron chi connectivity index (χ3n) is 2.18. The molecule has 0 aromatic heterocycles. The fraction of sp³-hybridized carbons (Fsp3) is 0.364. The van der Waals surface area contributed by atoms with Crippen molar-refractivity contribution in [2.75, 3.05) is 5.32 Å². The summed E-state index contributed by atoms with van der Waals surface area (Å²) in [5, 5.41) is 12.3. The van der Waals surface area contributed by atoms with Crippen LogP contribution in [0.2, 0.25) is 5.02 Å². The second-order valence-electron chi connectivity index (χ2n) is 3.52. The van der Waals surface area contributed by atoms with E-state index in [-0.39, 0.29) is 22.4 Å². The van der Waals surface area contributed by atoms with Crippen molar-refractivity contribution in [3.05, 3.63) is 23.2 Å². The number of hydrogen-bond donors (Lipinski definition) is 3. The van der Waals surface area contributed by atoms with Crippen molar-refractivity contribution < 1.29 is 9.90 Å². The number of halogens is 1. The number of carbonyl (C=O) groups is 1. The predicted octanol–water partition coefficient (Wildman–Crippen LogP) is 2.11. The zero-order valence-electron chi connectivity index (χ0n) is 9.03. The molecule has 0 heterocycles. The van der Waals surface area contributed by atoms with Crippen LogP contribution in [0.1, 0.15) is 19.8 Å². The minimum atomic E-state index is -0.566. The molecule has 0 saturated heterocycles. The molecule has 0 fully saturated rings. The van der Waals surface area contributed by atoms with Crippen molar-refractivity contribution in [3.63, 3.8) is 0 Å². The van der Waals surface area contributed by atoms with Crippen LogP contribution in [0.4, 0.5) is 5.69 Å². The van der Waals surface area contributed by atoms with Crippen molar-refractivity contribution in [1.82, 2.24) is 0 Å². The van der Waals surface area contributed by atoms with Crippen molar-refractivity contribution >= 4 is 23.2 Å². The number of nitrogens with one attached hydrogen (secondary N) is 1. The van der Waals surface area contributed by atoms with Crippen LogP contribution in [-0.2, 0) is 4.79 Å². The third kappa shape index (κ3) is 3.12. The van der Waals surface area contributed by atoms with Crippen molar-refractivity contribution in [3.8, 4) is 5.75 Å². The minimum Gasteiger partial charge on any atom is -0.504 e. The minimum absolute atomic E-state index is 0.138. The highest BCUT2D eigenvalue weighted by molar-refractivity contribution is 6.32. The molecule has 1 rings (SSSR count). The normalized spacial score (nSPS) is 12.2.